The molecule has 2 aromatic carbocycles. The smallest absolute Gasteiger partial charge is 0.194 e. The van der Waals surface area contributed by atoms with Crippen LogP contribution in [0.5, 0.6) is 11.5 Å². The van der Waals surface area contributed by atoms with Crippen molar-refractivity contribution in [2.75, 3.05) is 12.0 Å². The average molecular weight is 640 g/mol. The van der Waals surface area contributed by atoms with Gasteiger partial charge in [-0.2, -0.15) is 4.63 Å². The lowest BCUT2D eigenvalue weighted by Gasteiger charge is -2.11. The summed E-state index contributed by atoms with van der Waals surface area (Å²) in [6, 6.07) is 14.9. The van der Waals surface area contributed by atoms with E-state index in [4.69, 9.17) is 32.5 Å². The average Bonchev–Trinajstić information content (AvgIpc) is 3.69. The van der Waals surface area contributed by atoms with Gasteiger partial charge in [-0.3, -0.25) is 5.10 Å². The molecule has 0 unspecified atom stereocenters. The monoisotopic (exact) mass is 639 g/mol. The molecule has 0 amide bonds. The van der Waals surface area contributed by atoms with Crippen LogP contribution in [-0.4, -0.2) is 26.5 Å². The Balaban J connectivity index is 1.11. The first-order valence-electron chi connectivity index (χ1n) is 14.5. The fraction of sp³-hybridized carbons (Fsp3) is 0.150. The van der Waals surface area contributed by atoms with Crippen LogP contribution in [0.15, 0.2) is 48.5 Å². The first-order valence-corrected chi connectivity index (χ1v) is 14.8. The zero-order valence-corrected chi connectivity index (χ0v) is 26.3. The summed E-state index contributed by atoms with van der Waals surface area (Å²) in [6.45, 7) is 2.35. The number of anilines is 1. The van der Waals surface area contributed by atoms with Crippen molar-refractivity contribution in [3.8, 4) is 130 Å². The topological polar surface area (TPSA) is 76.5 Å². The molecule has 2 aromatic heterocycles. The van der Waals surface area contributed by atoms with Gasteiger partial charge in [-0.15, -0.1) is 11.5 Å². The molecular weight excluding hydrogens is 618 g/mol. The number of ether oxygens (including phenoxy) is 2. The van der Waals surface area contributed by atoms with E-state index in [9.17, 15) is 0 Å². The number of rotatable bonds is 8. The van der Waals surface area contributed by atoms with Gasteiger partial charge in [0.25, 0.3) is 0 Å². The molecule has 48 heavy (non-hydrogen) atoms. The van der Waals surface area contributed by atoms with E-state index in [0.717, 1.165) is 36.2 Å². The Labute approximate surface area is 284 Å². The molecule has 7 nitrogen and oxygen atoms in total. The summed E-state index contributed by atoms with van der Waals surface area (Å²) in [5.41, 5.74) is 3.46. The Morgan fingerprint density at radius 1 is 0.854 bits per heavy atom. The minimum atomic E-state index is 0.130. The van der Waals surface area contributed by atoms with Crippen LogP contribution in [0.2, 0.25) is 5.02 Å². The van der Waals surface area contributed by atoms with Crippen molar-refractivity contribution >= 4 is 22.9 Å². The van der Waals surface area contributed by atoms with E-state index in [2.05, 4.69) is 123 Å². The fourth-order valence-electron chi connectivity index (χ4n) is 4.37. The summed E-state index contributed by atoms with van der Waals surface area (Å²) in [5, 5.41) is 11.9. The molecule has 0 aliphatic heterocycles. The lowest BCUT2D eigenvalue weighted by molar-refractivity contribution is 0.330. The van der Waals surface area contributed by atoms with Gasteiger partial charge in [-0.25, -0.2) is 4.98 Å². The predicted octanol–water partition coefficient (Wildman–Crippen LogP) is 5.26. The zero-order valence-electron chi connectivity index (χ0n) is 25.6. The molecule has 2 N–H and O–H groups in total. The maximum atomic E-state index is 6.70. The number of terminal acetylenes is 1. The van der Waals surface area contributed by atoms with E-state index in [1.807, 2.05) is 36.4 Å². The number of fused-ring (bicyclic) bond motifs is 1. The van der Waals surface area contributed by atoms with Crippen LogP contribution in [0.3, 0.4) is 0 Å². The van der Waals surface area contributed by atoms with Crippen molar-refractivity contribution in [1.29, 1.82) is 0 Å². The molecule has 5 rings (SSSR count). The number of nitrogens with one attached hydrogen (secondary N) is 2. The van der Waals surface area contributed by atoms with Crippen LogP contribution in [-0.2, 0) is 5.41 Å². The van der Waals surface area contributed by atoms with E-state index in [1.165, 1.54) is 0 Å². The second-order valence-electron chi connectivity index (χ2n) is 9.82. The molecule has 0 saturated heterocycles. The number of benzene rings is 2. The molecule has 1 aliphatic carbocycles. The first-order chi connectivity index (χ1) is 23.6. The quantitative estimate of drug-likeness (QED) is 0.203. The molecule has 1 aliphatic rings. The van der Waals surface area contributed by atoms with Gasteiger partial charge in [-0.1, -0.05) is 42.8 Å². The van der Waals surface area contributed by atoms with E-state index >= 15 is 0 Å². The molecule has 8 heteroatoms. The van der Waals surface area contributed by atoms with Crippen molar-refractivity contribution in [3.63, 3.8) is 0 Å². The van der Waals surface area contributed by atoms with Crippen LogP contribution in [0.4, 0.5) is 5.69 Å². The Morgan fingerprint density at radius 2 is 1.48 bits per heavy atom. The number of para-hydroxylation sites is 2. The van der Waals surface area contributed by atoms with Crippen LogP contribution in [0.1, 0.15) is 31.9 Å². The fourth-order valence-corrected chi connectivity index (χ4v) is 4.74. The van der Waals surface area contributed by atoms with Gasteiger partial charge < -0.3 is 14.8 Å². The van der Waals surface area contributed by atoms with E-state index < -0.39 is 0 Å². The number of H-pyrrole nitrogens is 1. The third-order valence-electron chi connectivity index (χ3n) is 6.93. The number of aromatic amines is 1. The Bertz CT molecular complexity index is 2440. The minimum Gasteiger partial charge on any atom is -0.469 e. The number of halogens is 1. The molecule has 0 bridgehead atoms. The van der Waals surface area contributed by atoms with E-state index in [0.29, 0.717) is 28.0 Å². The lowest BCUT2D eigenvalue weighted by Crippen LogP contribution is -2.09. The normalized spacial score (nSPS) is 10.8. The Hall–Kier alpha value is -7.15. The van der Waals surface area contributed by atoms with Gasteiger partial charge in [0.1, 0.15) is 11.1 Å². The summed E-state index contributed by atoms with van der Waals surface area (Å²) in [4.78, 5) is 4.70. The molecular formula is C40H22ClN5O2. The van der Waals surface area contributed by atoms with Crippen molar-refractivity contribution < 1.29 is 9.47 Å². The highest BCUT2D eigenvalue weighted by Gasteiger charge is 2.46. The molecule has 0 atom stereocenters. The van der Waals surface area contributed by atoms with Gasteiger partial charge in [0.15, 0.2) is 29.7 Å². The van der Waals surface area contributed by atoms with E-state index in [-0.39, 0.29) is 12.1 Å². The molecule has 0 radical (unpaired) electrons. The second-order valence-corrected chi connectivity index (χ2v) is 10.2. The zero-order chi connectivity index (χ0) is 33.4. The van der Waals surface area contributed by atoms with Crippen molar-refractivity contribution in [3.05, 3.63) is 59.2 Å². The van der Waals surface area contributed by atoms with Gasteiger partial charge in [0, 0.05) is 64.0 Å². The van der Waals surface area contributed by atoms with E-state index in [1.54, 1.807) is 16.8 Å². The van der Waals surface area contributed by atoms with Crippen LogP contribution in [0.25, 0.3) is 17.0 Å². The molecule has 0 spiro atoms. The first kappa shape index (κ1) is 32.2. The standard InChI is InChI=1S/C40H22ClN5O2/c1-3-5-6-7-8-9-10-11-12-13-14-15-16-17-18-21-29-47-34-25-19-20-26-35(34)48-31-42-33-24-22-23-32(30-33)38-43-39-36(41)37(44-46(39)45-38)40(4-2)27-28-40/h1,19-20,22-26,30,42,44H,4,27-28,31H2,2H3. The van der Waals surface area contributed by atoms with Crippen LogP contribution < -0.4 is 14.8 Å². The van der Waals surface area contributed by atoms with Crippen LogP contribution >= 0.6 is 11.6 Å². The maximum Gasteiger partial charge on any atom is 0.194 e. The number of nitrogens with zero attached hydrogens (tertiary/aromatic N) is 3. The third-order valence-corrected chi connectivity index (χ3v) is 7.29. The predicted molar refractivity (Wildman–Crippen MR) is 186 cm³/mol. The molecule has 2 heterocycles. The molecule has 1 fully saturated rings. The highest BCUT2D eigenvalue weighted by molar-refractivity contribution is 6.34. The third kappa shape index (κ3) is 8.51. The number of hydrogen-bond donors (Lipinski definition) is 2. The lowest BCUT2D eigenvalue weighted by atomic mass is 10.00. The van der Waals surface area contributed by atoms with Gasteiger partial charge in [-0.05, 0) is 90.9 Å². The largest absolute Gasteiger partial charge is 0.469 e. The summed E-state index contributed by atoms with van der Waals surface area (Å²) < 4.78 is 13.1. The minimum absolute atomic E-state index is 0.130. The summed E-state index contributed by atoms with van der Waals surface area (Å²) in [6.07, 6.45) is 10.8. The number of aromatic nitrogens is 4. The molecule has 226 valence electrons. The highest BCUT2D eigenvalue weighted by atomic mass is 35.5. The van der Waals surface area contributed by atoms with Gasteiger partial charge in [0.05, 0.1) is 5.69 Å². The van der Waals surface area contributed by atoms with Crippen molar-refractivity contribution in [2.45, 2.75) is 31.6 Å². The van der Waals surface area contributed by atoms with Gasteiger partial charge >= 0.3 is 0 Å². The highest BCUT2D eigenvalue weighted by Crippen LogP contribution is 2.52. The summed E-state index contributed by atoms with van der Waals surface area (Å²) in [5.74, 6) is 41.3. The summed E-state index contributed by atoms with van der Waals surface area (Å²) in [7, 11) is 0. The Morgan fingerprint density at radius 3 is 2.08 bits per heavy atom. The number of hydrogen-bond acceptors (Lipinski definition) is 5. The van der Waals surface area contributed by atoms with Crippen molar-refractivity contribution in [1.82, 2.24) is 19.8 Å². The Kier molecular flexibility index (Phi) is 10.9. The molecule has 4 aromatic rings. The maximum absolute atomic E-state index is 6.70. The second kappa shape index (κ2) is 16.2. The van der Waals surface area contributed by atoms with Crippen molar-refractivity contribution in [2.24, 2.45) is 0 Å². The van der Waals surface area contributed by atoms with Gasteiger partial charge in [0.2, 0.25) is 0 Å². The molecule has 1 saturated carbocycles. The summed E-state index contributed by atoms with van der Waals surface area (Å²) >= 11 is 6.70. The SMILES string of the molecule is C#CC#CC#CC#CC#CC#CC#CC#CC#COc1ccccc1OCNc1cccc(-c2nc3c(Cl)c(C4(CC)CC4)[nH]n3n2)c1. The van der Waals surface area contributed by atoms with Crippen LogP contribution in [0, 0.1) is 107 Å².